The number of esters is 1. The van der Waals surface area contributed by atoms with Crippen LogP contribution in [0.15, 0.2) is 18.2 Å². The maximum atomic E-state index is 14.4. The largest absolute Gasteiger partial charge is 0.458 e. The van der Waals surface area contributed by atoms with Gasteiger partial charge in [0.2, 0.25) is 11.8 Å². The molecule has 192 valence electrons. The fraction of sp³-hybridized carbons (Fsp3) is 0.667. The fourth-order valence-electron chi connectivity index (χ4n) is 6.30. The van der Waals surface area contributed by atoms with Crippen molar-refractivity contribution in [2.75, 3.05) is 20.1 Å². The molecular weight excluding hydrogens is 454 g/mol. The standard InChI is InChI=1S/C27H36F2N2O4/c1-3-24(32)30(2)23(15-19-7-8-20(28)16-22(19)29)18-9-13-31(14-10-18)26(34)21-17-25(33)35-27(21)11-5-4-6-12-27/h7-8,16,18,21,23H,3-6,9-15,17H2,1-2H3/t21-,23-/m0/s1. The summed E-state index contributed by atoms with van der Waals surface area (Å²) in [6.07, 6.45) is 6.68. The first-order valence-electron chi connectivity index (χ1n) is 12.9. The van der Waals surface area contributed by atoms with Gasteiger partial charge in [-0.05, 0) is 62.5 Å². The van der Waals surface area contributed by atoms with Gasteiger partial charge in [-0.25, -0.2) is 8.78 Å². The van der Waals surface area contributed by atoms with Gasteiger partial charge in [0.05, 0.1) is 12.3 Å². The van der Waals surface area contributed by atoms with Crippen LogP contribution in [0.1, 0.15) is 70.3 Å². The van der Waals surface area contributed by atoms with E-state index in [2.05, 4.69) is 0 Å². The second kappa shape index (κ2) is 10.6. The number of hydrogen-bond donors (Lipinski definition) is 0. The van der Waals surface area contributed by atoms with E-state index in [9.17, 15) is 23.2 Å². The van der Waals surface area contributed by atoms with E-state index in [0.717, 1.165) is 38.2 Å². The summed E-state index contributed by atoms with van der Waals surface area (Å²) in [5.74, 6) is -1.89. The Kier molecular flexibility index (Phi) is 7.77. The summed E-state index contributed by atoms with van der Waals surface area (Å²) in [5, 5.41) is 0. The number of benzene rings is 1. The molecule has 3 aliphatic rings. The molecule has 0 unspecified atom stereocenters. The first-order chi connectivity index (χ1) is 16.7. The Labute approximate surface area is 206 Å². The molecule has 2 heterocycles. The molecule has 0 radical (unpaired) electrons. The molecule has 0 aromatic heterocycles. The third-order valence-corrected chi connectivity index (χ3v) is 8.35. The predicted octanol–water partition coefficient (Wildman–Crippen LogP) is 4.25. The molecule has 6 nitrogen and oxygen atoms in total. The summed E-state index contributed by atoms with van der Waals surface area (Å²) in [6, 6.07) is 3.31. The van der Waals surface area contributed by atoms with E-state index < -0.39 is 23.2 Å². The Morgan fingerprint density at radius 1 is 1.17 bits per heavy atom. The van der Waals surface area contributed by atoms with Crippen molar-refractivity contribution in [3.63, 3.8) is 0 Å². The van der Waals surface area contributed by atoms with Crippen molar-refractivity contribution in [2.45, 2.75) is 82.8 Å². The molecule has 1 spiro atoms. The molecule has 3 fully saturated rings. The van der Waals surface area contributed by atoms with Crippen LogP contribution in [-0.2, 0) is 25.5 Å². The van der Waals surface area contributed by atoms with Crippen molar-refractivity contribution in [3.05, 3.63) is 35.4 Å². The third kappa shape index (κ3) is 5.36. The highest BCUT2D eigenvalue weighted by Crippen LogP contribution is 2.45. The molecule has 0 N–H and O–H groups in total. The molecule has 1 aliphatic carbocycles. The van der Waals surface area contributed by atoms with Crippen molar-refractivity contribution < 1.29 is 27.9 Å². The lowest BCUT2D eigenvalue weighted by Gasteiger charge is -2.42. The monoisotopic (exact) mass is 490 g/mol. The first-order valence-corrected chi connectivity index (χ1v) is 12.9. The molecule has 2 amide bonds. The number of nitrogens with zero attached hydrogens (tertiary/aromatic N) is 2. The van der Waals surface area contributed by atoms with Crippen molar-refractivity contribution in [3.8, 4) is 0 Å². The zero-order chi connectivity index (χ0) is 25.2. The Morgan fingerprint density at radius 3 is 2.49 bits per heavy atom. The minimum atomic E-state index is -0.639. The smallest absolute Gasteiger partial charge is 0.307 e. The lowest BCUT2D eigenvalue weighted by molar-refractivity contribution is -0.156. The Balaban J connectivity index is 1.45. The molecule has 1 saturated carbocycles. The number of carbonyl (C=O) groups is 3. The van der Waals surface area contributed by atoms with Gasteiger partial charge in [0.25, 0.3) is 0 Å². The maximum absolute atomic E-state index is 14.4. The highest BCUT2D eigenvalue weighted by atomic mass is 19.1. The van der Waals surface area contributed by atoms with Crippen LogP contribution in [0.3, 0.4) is 0 Å². The Hall–Kier alpha value is -2.51. The fourth-order valence-corrected chi connectivity index (χ4v) is 6.30. The van der Waals surface area contributed by atoms with E-state index in [1.165, 1.54) is 12.1 Å². The summed E-state index contributed by atoms with van der Waals surface area (Å²) in [4.78, 5) is 41.7. The second-order valence-corrected chi connectivity index (χ2v) is 10.4. The van der Waals surface area contributed by atoms with E-state index in [1.54, 1.807) is 18.9 Å². The molecule has 1 aromatic carbocycles. The average Bonchev–Trinajstić information content (AvgIpc) is 3.17. The predicted molar refractivity (Wildman–Crippen MR) is 126 cm³/mol. The number of carbonyl (C=O) groups excluding carboxylic acids is 3. The molecule has 35 heavy (non-hydrogen) atoms. The van der Waals surface area contributed by atoms with Crippen LogP contribution in [-0.4, -0.2) is 59.4 Å². The third-order valence-electron chi connectivity index (χ3n) is 8.35. The van der Waals surface area contributed by atoms with E-state index in [-0.39, 0.29) is 36.2 Å². The highest BCUT2D eigenvalue weighted by molar-refractivity contribution is 5.88. The normalized spacial score (nSPS) is 23.3. The summed E-state index contributed by atoms with van der Waals surface area (Å²) < 4.78 is 33.6. The maximum Gasteiger partial charge on any atom is 0.307 e. The van der Waals surface area contributed by atoms with Crippen LogP contribution >= 0.6 is 0 Å². The van der Waals surface area contributed by atoms with Gasteiger partial charge in [0.15, 0.2) is 0 Å². The van der Waals surface area contributed by atoms with Crippen LogP contribution < -0.4 is 0 Å². The summed E-state index contributed by atoms with van der Waals surface area (Å²) in [5.41, 5.74) is -0.258. The Morgan fingerprint density at radius 2 is 1.86 bits per heavy atom. The summed E-state index contributed by atoms with van der Waals surface area (Å²) in [7, 11) is 1.74. The van der Waals surface area contributed by atoms with Gasteiger partial charge < -0.3 is 14.5 Å². The van der Waals surface area contributed by atoms with E-state index in [1.807, 2.05) is 4.90 Å². The van der Waals surface area contributed by atoms with Crippen molar-refractivity contribution in [1.29, 1.82) is 0 Å². The number of amides is 2. The topological polar surface area (TPSA) is 66.9 Å². The van der Waals surface area contributed by atoms with Gasteiger partial charge in [0.1, 0.15) is 17.2 Å². The van der Waals surface area contributed by atoms with Crippen molar-refractivity contribution in [2.24, 2.45) is 11.8 Å². The van der Waals surface area contributed by atoms with Crippen LogP contribution in [0.2, 0.25) is 0 Å². The molecule has 1 aromatic rings. The number of halogens is 2. The quantitative estimate of drug-likeness (QED) is 0.560. The molecule has 4 rings (SSSR count). The van der Waals surface area contributed by atoms with Gasteiger partial charge in [0, 0.05) is 38.7 Å². The zero-order valence-corrected chi connectivity index (χ0v) is 20.7. The number of ether oxygens (including phenoxy) is 1. The highest BCUT2D eigenvalue weighted by Gasteiger charge is 2.54. The van der Waals surface area contributed by atoms with Gasteiger partial charge >= 0.3 is 5.97 Å². The first kappa shape index (κ1) is 25.6. The van der Waals surface area contributed by atoms with Gasteiger partial charge in [-0.1, -0.05) is 19.4 Å². The lowest BCUT2D eigenvalue weighted by atomic mass is 9.75. The van der Waals surface area contributed by atoms with E-state index in [0.29, 0.717) is 44.3 Å². The number of likely N-dealkylation sites (N-methyl/N-ethyl adjacent to an activating group) is 1. The molecular formula is C27H36F2N2O4. The minimum Gasteiger partial charge on any atom is -0.458 e. The summed E-state index contributed by atoms with van der Waals surface area (Å²) in [6.45, 7) is 2.85. The summed E-state index contributed by atoms with van der Waals surface area (Å²) >= 11 is 0. The van der Waals surface area contributed by atoms with E-state index >= 15 is 0 Å². The molecule has 8 heteroatoms. The van der Waals surface area contributed by atoms with Crippen LogP contribution in [0, 0.1) is 23.5 Å². The number of piperidine rings is 1. The molecule has 2 atom stereocenters. The number of likely N-dealkylation sites (tertiary alicyclic amines) is 1. The molecule has 2 saturated heterocycles. The minimum absolute atomic E-state index is 0.00434. The lowest BCUT2D eigenvalue weighted by Crippen LogP contribution is -2.52. The van der Waals surface area contributed by atoms with Gasteiger partial charge in [-0.3, -0.25) is 14.4 Å². The van der Waals surface area contributed by atoms with Crippen LogP contribution in [0.5, 0.6) is 0 Å². The number of rotatable bonds is 6. The second-order valence-electron chi connectivity index (χ2n) is 10.4. The average molecular weight is 491 g/mol. The SMILES string of the molecule is CCC(=O)N(C)[C@@H](Cc1ccc(F)cc1F)C1CCN(C(=O)[C@@H]2CC(=O)OC23CCCCC3)CC1. The van der Waals surface area contributed by atoms with Crippen molar-refractivity contribution in [1.82, 2.24) is 9.80 Å². The van der Waals surface area contributed by atoms with Crippen LogP contribution in [0.25, 0.3) is 0 Å². The Bertz CT molecular complexity index is 954. The van der Waals surface area contributed by atoms with Crippen molar-refractivity contribution >= 4 is 17.8 Å². The van der Waals surface area contributed by atoms with E-state index in [4.69, 9.17) is 4.74 Å². The van der Waals surface area contributed by atoms with Crippen LogP contribution in [0.4, 0.5) is 8.78 Å². The van der Waals surface area contributed by atoms with Gasteiger partial charge in [-0.2, -0.15) is 0 Å². The molecule has 0 bridgehead atoms. The zero-order valence-electron chi connectivity index (χ0n) is 20.7. The number of hydrogen-bond acceptors (Lipinski definition) is 4. The molecule has 2 aliphatic heterocycles. The van der Waals surface area contributed by atoms with Gasteiger partial charge in [-0.15, -0.1) is 0 Å².